The first-order chi connectivity index (χ1) is 24.8. The predicted molar refractivity (Wildman–Crippen MR) is 213 cm³/mol. The van der Waals surface area contributed by atoms with E-state index in [1.165, 1.54) is 92.7 Å². The van der Waals surface area contributed by atoms with Crippen LogP contribution in [-0.4, -0.2) is 9.13 Å². The van der Waals surface area contributed by atoms with Gasteiger partial charge in [-0.05, 0) is 92.5 Å². The molecule has 2 heterocycles. The molecule has 0 amide bonds. The van der Waals surface area contributed by atoms with Gasteiger partial charge in [0, 0.05) is 38.5 Å². The van der Waals surface area contributed by atoms with Gasteiger partial charge in [0.15, 0.2) is 0 Å². The standard InChI is InChI=1S/C48H30N2/c1-2-16-36(17-3-1)50-45-27-23-32-13-6-8-18-38(32)47(45)42-29-34-15-7-9-19-39(34)46(48(42)50)35-24-26-44-41(30-35)40-20-10-11-21-43(40)49(44)37-25-22-31-12-4-5-14-33(31)28-37/h1-30H. The van der Waals surface area contributed by atoms with Crippen LogP contribution in [0, 0.1) is 0 Å². The van der Waals surface area contributed by atoms with Crippen LogP contribution in [0.15, 0.2) is 182 Å². The third-order valence-electron chi connectivity index (χ3n) is 10.6. The van der Waals surface area contributed by atoms with E-state index in [1.54, 1.807) is 0 Å². The number of hydrogen-bond donors (Lipinski definition) is 0. The van der Waals surface area contributed by atoms with Crippen molar-refractivity contribution in [3.05, 3.63) is 182 Å². The van der Waals surface area contributed by atoms with E-state index >= 15 is 0 Å². The van der Waals surface area contributed by atoms with Crippen molar-refractivity contribution in [2.75, 3.05) is 0 Å². The minimum atomic E-state index is 1.16. The smallest absolute Gasteiger partial charge is 0.0626 e. The molecule has 2 heteroatoms. The Hall–Kier alpha value is -6.64. The number of hydrogen-bond acceptors (Lipinski definition) is 0. The van der Waals surface area contributed by atoms with Crippen molar-refractivity contribution in [3.8, 4) is 22.5 Å². The van der Waals surface area contributed by atoms with E-state index in [-0.39, 0.29) is 0 Å². The number of aromatic nitrogens is 2. The van der Waals surface area contributed by atoms with Crippen molar-refractivity contribution in [1.29, 1.82) is 0 Å². The van der Waals surface area contributed by atoms with Crippen LogP contribution in [0.2, 0.25) is 0 Å². The summed E-state index contributed by atoms with van der Waals surface area (Å²) in [5.41, 5.74) is 9.67. The van der Waals surface area contributed by atoms with Gasteiger partial charge < -0.3 is 9.13 Å². The molecule has 9 aromatic carbocycles. The molecule has 0 spiro atoms. The fourth-order valence-corrected chi connectivity index (χ4v) is 8.47. The van der Waals surface area contributed by atoms with Gasteiger partial charge in [-0.3, -0.25) is 0 Å². The average Bonchev–Trinajstić information content (AvgIpc) is 3.69. The van der Waals surface area contributed by atoms with Crippen LogP contribution >= 0.6 is 0 Å². The Morgan fingerprint density at radius 1 is 0.300 bits per heavy atom. The maximum atomic E-state index is 2.49. The maximum Gasteiger partial charge on any atom is 0.0626 e. The summed E-state index contributed by atoms with van der Waals surface area (Å²) in [5.74, 6) is 0. The van der Waals surface area contributed by atoms with Gasteiger partial charge in [-0.15, -0.1) is 0 Å². The first-order valence-electron chi connectivity index (χ1n) is 17.3. The lowest BCUT2D eigenvalue weighted by molar-refractivity contribution is 1.18. The lowest BCUT2D eigenvalue weighted by Gasteiger charge is -2.15. The van der Waals surface area contributed by atoms with E-state index in [0.717, 1.165) is 5.69 Å². The Bertz CT molecular complexity index is 3140. The van der Waals surface area contributed by atoms with Gasteiger partial charge >= 0.3 is 0 Å². The van der Waals surface area contributed by atoms with Crippen LogP contribution in [0.1, 0.15) is 0 Å². The minimum absolute atomic E-state index is 1.16. The van der Waals surface area contributed by atoms with Gasteiger partial charge in [-0.25, -0.2) is 0 Å². The monoisotopic (exact) mass is 634 g/mol. The van der Waals surface area contributed by atoms with Crippen LogP contribution in [-0.2, 0) is 0 Å². The summed E-state index contributed by atoms with van der Waals surface area (Å²) < 4.78 is 4.91. The molecular weight excluding hydrogens is 605 g/mol. The van der Waals surface area contributed by atoms with Crippen molar-refractivity contribution < 1.29 is 0 Å². The maximum absolute atomic E-state index is 2.49. The highest BCUT2D eigenvalue weighted by molar-refractivity contribution is 6.27. The number of nitrogens with zero attached hydrogens (tertiary/aromatic N) is 2. The second kappa shape index (κ2) is 10.4. The summed E-state index contributed by atoms with van der Waals surface area (Å²) in [6.45, 7) is 0. The summed E-state index contributed by atoms with van der Waals surface area (Å²) in [6.07, 6.45) is 0. The quantitative estimate of drug-likeness (QED) is 0.183. The molecule has 0 fully saturated rings. The largest absolute Gasteiger partial charge is 0.309 e. The SMILES string of the molecule is c1ccc(-n2c3ccc4ccccc4c3c3cc4ccccc4c(-c4ccc5c(c4)c4ccccc4n5-c4ccc5ccccc5c4)c32)cc1. The van der Waals surface area contributed by atoms with E-state index in [9.17, 15) is 0 Å². The molecule has 11 rings (SSSR count). The molecule has 0 unspecified atom stereocenters. The Labute approximate surface area is 288 Å². The number of fused-ring (bicyclic) bond motifs is 10. The van der Waals surface area contributed by atoms with Crippen molar-refractivity contribution >= 4 is 75.9 Å². The highest BCUT2D eigenvalue weighted by Gasteiger charge is 2.22. The van der Waals surface area contributed by atoms with Crippen LogP contribution in [0.25, 0.3) is 98.4 Å². The molecule has 0 bridgehead atoms. The van der Waals surface area contributed by atoms with Gasteiger partial charge in [0.25, 0.3) is 0 Å². The Kier molecular flexibility index (Phi) is 5.70. The Balaban J connectivity index is 1.28. The number of para-hydroxylation sites is 2. The van der Waals surface area contributed by atoms with E-state index in [4.69, 9.17) is 0 Å². The summed E-state index contributed by atoms with van der Waals surface area (Å²) in [5, 5.41) is 12.6. The fraction of sp³-hybridized carbons (Fsp3) is 0. The molecule has 0 saturated heterocycles. The zero-order valence-electron chi connectivity index (χ0n) is 27.2. The van der Waals surface area contributed by atoms with Crippen molar-refractivity contribution in [1.82, 2.24) is 9.13 Å². The average molecular weight is 635 g/mol. The van der Waals surface area contributed by atoms with E-state index in [2.05, 4.69) is 191 Å². The normalized spacial score (nSPS) is 12.0. The molecule has 0 aliphatic carbocycles. The molecule has 2 aromatic heterocycles. The number of benzene rings is 9. The van der Waals surface area contributed by atoms with E-state index in [1.807, 2.05) is 0 Å². The summed E-state index contributed by atoms with van der Waals surface area (Å²) >= 11 is 0. The zero-order valence-corrected chi connectivity index (χ0v) is 27.2. The van der Waals surface area contributed by atoms with Crippen LogP contribution in [0.5, 0.6) is 0 Å². The first-order valence-corrected chi connectivity index (χ1v) is 17.3. The third kappa shape index (κ3) is 3.85. The first kappa shape index (κ1) is 27.3. The fourth-order valence-electron chi connectivity index (χ4n) is 8.47. The highest BCUT2D eigenvalue weighted by Crippen LogP contribution is 2.46. The molecule has 2 nitrogen and oxygen atoms in total. The highest BCUT2D eigenvalue weighted by atomic mass is 15.0. The molecule has 232 valence electrons. The molecule has 0 aliphatic heterocycles. The van der Waals surface area contributed by atoms with Crippen LogP contribution in [0.4, 0.5) is 0 Å². The lowest BCUT2D eigenvalue weighted by Crippen LogP contribution is -1.96. The molecule has 50 heavy (non-hydrogen) atoms. The van der Waals surface area contributed by atoms with E-state index in [0.29, 0.717) is 0 Å². The van der Waals surface area contributed by atoms with E-state index < -0.39 is 0 Å². The second-order valence-corrected chi connectivity index (χ2v) is 13.3. The van der Waals surface area contributed by atoms with Gasteiger partial charge in [-0.1, -0.05) is 127 Å². The molecule has 0 saturated carbocycles. The Morgan fingerprint density at radius 3 is 1.80 bits per heavy atom. The predicted octanol–water partition coefficient (Wildman–Crippen LogP) is 13.0. The lowest BCUT2D eigenvalue weighted by atomic mass is 9.93. The molecular formula is C48H30N2. The van der Waals surface area contributed by atoms with Crippen LogP contribution in [0.3, 0.4) is 0 Å². The molecule has 0 atom stereocenters. The topological polar surface area (TPSA) is 9.86 Å². The van der Waals surface area contributed by atoms with Crippen molar-refractivity contribution in [3.63, 3.8) is 0 Å². The van der Waals surface area contributed by atoms with Crippen molar-refractivity contribution in [2.45, 2.75) is 0 Å². The van der Waals surface area contributed by atoms with Gasteiger partial charge in [0.1, 0.15) is 0 Å². The third-order valence-corrected chi connectivity index (χ3v) is 10.6. The van der Waals surface area contributed by atoms with Gasteiger partial charge in [0.05, 0.1) is 22.1 Å². The minimum Gasteiger partial charge on any atom is -0.309 e. The number of rotatable bonds is 3. The second-order valence-electron chi connectivity index (χ2n) is 13.3. The summed E-state index contributed by atoms with van der Waals surface area (Å²) in [6, 6.07) is 66.8. The summed E-state index contributed by atoms with van der Waals surface area (Å²) in [4.78, 5) is 0. The Morgan fingerprint density at radius 2 is 0.940 bits per heavy atom. The van der Waals surface area contributed by atoms with Gasteiger partial charge in [-0.2, -0.15) is 0 Å². The van der Waals surface area contributed by atoms with Crippen molar-refractivity contribution in [2.24, 2.45) is 0 Å². The molecule has 11 aromatic rings. The molecule has 0 aliphatic rings. The zero-order chi connectivity index (χ0) is 32.8. The molecule has 0 radical (unpaired) electrons. The van der Waals surface area contributed by atoms with Gasteiger partial charge in [0.2, 0.25) is 0 Å². The molecule has 0 N–H and O–H groups in total. The summed E-state index contributed by atoms with van der Waals surface area (Å²) in [7, 11) is 0. The van der Waals surface area contributed by atoms with Crippen LogP contribution < -0.4 is 0 Å².